The second kappa shape index (κ2) is 6.36. The number of nitrogens with one attached hydrogen (secondary N) is 2. The van der Waals surface area contributed by atoms with Crippen LogP contribution in [0.4, 0.5) is 5.69 Å². The van der Waals surface area contributed by atoms with E-state index in [1.807, 2.05) is 0 Å². The minimum absolute atomic E-state index is 0.0399. The smallest absolute Gasteiger partial charge is 0.307 e. The minimum atomic E-state index is -0.685. The first-order valence-electron chi connectivity index (χ1n) is 6.40. The second-order valence-corrected chi connectivity index (χ2v) is 4.53. The van der Waals surface area contributed by atoms with E-state index in [4.69, 9.17) is 4.74 Å². The molecule has 0 radical (unpaired) electrons. The molecule has 1 atom stereocenters. The summed E-state index contributed by atoms with van der Waals surface area (Å²) in [5.74, 6) is -0.491. The van der Waals surface area contributed by atoms with Gasteiger partial charge in [-0.25, -0.2) is 0 Å². The van der Waals surface area contributed by atoms with Gasteiger partial charge in [0.2, 0.25) is 0 Å². The summed E-state index contributed by atoms with van der Waals surface area (Å²) in [6.45, 7) is -0.0399. The maximum atomic E-state index is 12.4. The predicted molar refractivity (Wildman–Crippen MR) is 74.4 cm³/mol. The number of ether oxygens (including phenoxy) is 2. The van der Waals surface area contributed by atoms with Gasteiger partial charge >= 0.3 is 5.97 Å². The van der Waals surface area contributed by atoms with Crippen LogP contribution in [0.1, 0.15) is 16.8 Å². The fourth-order valence-corrected chi connectivity index (χ4v) is 2.01. The van der Waals surface area contributed by atoms with Crippen LogP contribution in [-0.2, 0) is 14.3 Å². The quantitative estimate of drug-likeness (QED) is 0.601. The molecule has 1 heterocycles. The molecule has 7 nitrogen and oxygen atoms in total. The fraction of sp³-hybridized carbons (Fsp3) is 0.357. The Hall–Kier alpha value is -2.41. The molecular weight excluding hydrogens is 276 g/mol. The number of carbonyl (C=O) groups is 3. The summed E-state index contributed by atoms with van der Waals surface area (Å²) in [5, 5.41) is 5.42. The number of ketones is 1. The number of likely N-dealkylation sites (N-methyl/N-ethyl adjacent to an activating group) is 1. The molecule has 0 spiro atoms. The molecule has 1 aromatic carbocycles. The summed E-state index contributed by atoms with van der Waals surface area (Å²) in [4.78, 5) is 35.0. The molecule has 2 rings (SSSR count). The lowest BCUT2D eigenvalue weighted by Gasteiger charge is -2.19. The van der Waals surface area contributed by atoms with E-state index >= 15 is 0 Å². The molecule has 1 amide bonds. The first-order valence-corrected chi connectivity index (χ1v) is 6.40. The van der Waals surface area contributed by atoms with Crippen molar-refractivity contribution in [2.75, 3.05) is 26.1 Å². The van der Waals surface area contributed by atoms with Crippen LogP contribution in [0.15, 0.2) is 18.2 Å². The van der Waals surface area contributed by atoms with Gasteiger partial charge in [0.25, 0.3) is 5.91 Å². The van der Waals surface area contributed by atoms with Crippen LogP contribution in [0.2, 0.25) is 0 Å². The first-order chi connectivity index (χ1) is 10.0. The number of rotatable bonds is 5. The standard InChI is InChI=1S/C14H16N2O5/c1-15-10(6-13(18)20-2)14(19)8-3-4-11-9(5-8)16-12(17)7-21-11/h3-5,10,15H,6-7H2,1-2H3,(H,16,17). The van der Waals surface area contributed by atoms with Crippen molar-refractivity contribution >= 4 is 23.3 Å². The van der Waals surface area contributed by atoms with Crippen LogP contribution >= 0.6 is 0 Å². The maximum Gasteiger partial charge on any atom is 0.307 e. The van der Waals surface area contributed by atoms with Crippen LogP contribution in [0, 0.1) is 0 Å². The van der Waals surface area contributed by atoms with Gasteiger partial charge in [0.15, 0.2) is 12.4 Å². The van der Waals surface area contributed by atoms with Gasteiger partial charge in [0.1, 0.15) is 5.75 Å². The van der Waals surface area contributed by atoms with Crippen molar-refractivity contribution < 1.29 is 23.9 Å². The van der Waals surface area contributed by atoms with Gasteiger partial charge in [-0.15, -0.1) is 0 Å². The van der Waals surface area contributed by atoms with Gasteiger partial charge in [0, 0.05) is 5.56 Å². The molecule has 7 heteroatoms. The Labute approximate surface area is 121 Å². The molecule has 0 saturated carbocycles. The van der Waals surface area contributed by atoms with Crippen molar-refractivity contribution in [3.63, 3.8) is 0 Å². The van der Waals surface area contributed by atoms with Crippen molar-refractivity contribution in [2.45, 2.75) is 12.5 Å². The second-order valence-electron chi connectivity index (χ2n) is 4.53. The molecule has 0 bridgehead atoms. The van der Waals surface area contributed by atoms with Crippen molar-refractivity contribution in [3.8, 4) is 5.75 Å². The zero-order chi connectivity index (χ0) is 15.4. The number of methoxy groups -OCH3 is 1. The highest BCUT2D eigenvalue weighted by molar-refractivity contribution is 6.04. The Bertz CT molecular complexity index is 585. The molecule has 2 N–H and O–H groups in total. The Morgan fingerprint density at radius 2 is 2.24 bits per heavy atom. The molecule has 1 aliphatic rings. The number of amides is 1. The van der Waals surface area contributed by atoms with E-state index < -0.39 is 12.0 Å². The van der Waals surface area contributed by atoms with Gasteiger partial charge in [-0.05, 0) is 25.2 Å². The number of fused-ring (bicyclic) bond motifs is 1. The molecular formula is C14H16N2O5. The highest BCUT2D eigenvalue weighted by Crippen LogP contribution is 2.29. The van der Waals surface area contributed by atoms with Crippen LogP contribution < -0.4 is 15.4 Å². The lowest BCUT2D eigenvalue weighted by Crippen LogP contribution is -2.36. The number of Topliss-reactive ketones (excluding diaryl/α,β-unsaturated/α-hetero) is 1. The van der Waals surface area contributed by atoms with Gasteiger partial charge in [-0.3, -0.25) is 14.4 Å². The van der Waals surface area contributed by atoms with Crippen molar-refractivity contribution in [3.05, 3.63) is 23.8 Å². The molecule has 0 fully saturated rings. The van der Waals surface area contributed by atoms with Gasteiger partial charge in [-0.2, -0.15) is 0 Å². The van der Waals surface area contributed by atoms with Crippen molar-refractivity contribution in [1.82, 2.24) is 5.32 Å². The lowest BCUT2D eigenvalue weighted by atomic mass is 10.0. The van der Waals surface area contributed by atoms with Crippen molar-refractivity contribution in [2.24, 2.45) is 0 Å². The average Bonchev–Trinajstić information content (AvgIpc) is 2.50. The Kier molecular flexibility index (Phi) is 4.54. The lowest BCUT2D eigenvalue weighted by molar-refractivity contribution is -0.140. The van der Waals surface area contributed by atoms with Crippen molar-refractivity contribution in [1.29, 1.82) is 0 Å². The minimum Gasteiger partial charge on any atom is -0.482 e. The van der Waals surface area contributed by atoms with Crippen LogP contribution in [0.25, 0.3) is 0 Å². The molecule has 0 aromatic heterocycles. The van der Waals surface area contributed by atoms with E-state index in [1.165, 1.54) is 13.2 Å². The van der Waals surface area contributed by atoms with Crippen LogP contribution in [-0.4, -0.2) is 44.5 Å². The summed E-state index contributed by atoms with van der Waals surface area (Å²) in [6.07, 6.45) is -0.0637. The van der Waals surface area contributed by atoms with E-state index in [2.05, 4.69) is 15.4 Å². The summed E-state index contributed by atoms with van der Waals surface area (Å²) < 4.78 is 9.79. The number of hydrogen-bond acceptors (Lipinski definition) is 6. The van der Waals surface area contributed by atoms with Gasteiger partial charge in [-0.1, -0.05) is 0 Å². The monoisotopic (exact) mass is 292 g/mol. The van der Waals surface area contributed by atoms with Gasteiger partial charge in [0.05, 0.1) is 25.3 Å². The fourth-order valence-electron chi connectivity index (χ4n) is 2.01. The molecule has 0 aliphatic carbocycles. The number of benzene rings is 1. The predicted octanol–water partition coefficient (Wildman–Crippen LogP) is 0.351. The van der Waals surface area contributed by atoms with E-state index in [0.717, 1.165) is 0 Å². The number of esters is 1. The highest BCUT2D eigenvalue weighted by Gasteiger charge is 2.24. The molecule has 1 aromatic rings. The van der Waals surface area contributed by atoms with E-state index in [9.17, 15) is 14.4 Å². The summed E-state index contributed by atoms with van der Waals surface area (Å²) in [6, 6.07) is 4.07. The zero-order valence-corrected chi connectivity index (χ0v) is 11.8. The Morgan fingerprint density at radius 1 is 1.48 bits per heavy atom. The third-order valence-electron chi connectivity index (χ3n) is 3.16. The number of hydrogen-bond donors (Lipinski definition) is 2. The van der Waals surface area contributed by atoms with Crippen LogP contribution in [0.5, 0.6) is 5.75 Å². The third-order valence-corrected chi connectivity index (χ3v) is 3.16. The van der Waals surface area contributed by atoms with E-state index in [1.54, 1.807) is 19.2 Å². The normalized spacial score (nSPS) is 14.5. The molecule has 21 heavy (non-hydrogen) atoms. The van der Waals surface area contributed by atoms with E-state index in [-0.39, 0.29) is 24.7 Å². The summed E-state index contributed by atoms with van der Waals surface area (Å²) in [5.41, 5.74) is 0.827. The molecule has 0 saturated heterocycles. The number of carbonyl (C=O) groups excluding carboxylic acids is 3. The topological polar surface area (TPSA) is 93.7 Å². The highest BCUT2D eigenvalue weighted by atomic mass is 16.5. The molecule has 112 valence electrons. The maximum absolute atomic E-state index is 12.4. The summed E-state index contributed by atoms with van der Waals surface area (Å²) in [7, 11) is 2.86. The largest absolute Gasteiger partial charge is 0.482 e. The van der Waals surface area contributed by atoms with E-state index in [0.29, 0.717) is 17.0 Å². The average molecular weight is 292 g/mol. The molecule has 1 unspecified atom stereocenters. The summed E-state index contributed by atoms with van der Waals surface area (Å²) >= 11 is 0. The Balaban J connectivity index is 2.20. The first kappa shape index (κ1) is 15.0. The molecule has 1 aliphatic heterocycles. The third kappa shape index (κ3) is 3.38. The number of anilines is 1. The van der Waals surface area contributed by atoms with Crippen LogP contribution in [0.3, 0.4) is 0 Å². The SMILES string of the molecule is CNC(CC(=O)OC)C(=O)c1ccc2c(c1)NC(=O)CO2. The van der Waals surface area contributed by atoms with Gasteiger partial charge < -0.3 is 20.1 Å². The Morgan fingerprint density at radius 3 is 2.90 bits per heavy atom. The zero-order valence-electron chi connectivity index (χ0n) is 11.8.